The van der Waals surface area contributed by atoms with Crippen molar-refractivity contribution in [3.8, 4) is 28.0 Å². The van der Waals surface area contributed by atoms with Gasteiger partial charge in [0.25, 0.3) is 0 Å². The van der Waals surface area contributed by atoms with E-state index in [1.807, 2.05) is 30.3 Å². The molecule has 4 aromatic rings. The van der Waals surface area contributed by atoms with E-state index < -0.39 is 0 Å². The van der Waals surface area contributed by atoms with Crippen LogP contribution in [0.2, 0.25) is 0 Å². The molecule has 0 unspecified atom stereocenters. The fourth-order valence-corrected chi connectivity index (χ4v) is 3.47. The van der Waals surface area contributed by atoms with E-state index in [0.29, 0.717) is 6.61 Å². The summed E-state index contributed by atoms with van der Waals surface area (Å²) < 4.78 is 6.49. The molecule has 0 saturated heterocycles. The summed E-state index contributed by atoms with van der Waals surface area (Å²) in [5, 5.41) is 0. The van der Waals surface area contributed by atoms with Crippen LogP contribution >= 0.6 is 0 Å². The number of hydrogen-bond acceptors (Lipinski definition) is 1. The third-order valence-electron chi connectivity index (χ3n) is 4.89. The number of aryl methyl sites for hydroxylation is 1. The van der Waals surface area contributed by atoms with Crippen molar-refractivity contribution in [2.75, 3.05) is 0 Å². The summed E-state index contributed by atoms with van der Waals surface area (Å²) in [6, 6.07) is 36.8. The average molecular weight is 363 g/mol. The van der Waals surface area contributed by atoms with E-state index in [-0.39, 0.29) is 0 Å². The fraction of sp³-hybridized carbons (Fsp3) is 0.111. The molecule has 1 nitrogen and oxygen atoms in total. The van der Waals surface area contributed by atoms with Crippen molar-refractivity contribution in [2.24, 2.45) is 0 Å². The molecule has 4 rings (SSSR count). The normalized spacial score (nSPS) is 10.6. The Morgan fingerprint density at radius 1 is 0.714 bits per heavy atom. The predicted molar refractivity (Wildman–Crippen MR) is 116 cm³/mol. The first-order valence-electron chi connectivity index (χ1n) is 9.72. The summed E-state index contributed by atoms with van der Waals surface area (Å²) in [4.78, 5) is 0. The number of rotatable bonds is 6. The van der Waals surface area contributed by atoms with Crippen molar-refractivity contribution in [1.82, 2.24) is 0 Å². The second-order valence-electron chi connectivity index (χ2n) is 6.74. The van der Waals surface area contributed by atoms with Crippen LogP contribution in [0.3, 0.4) is 0 Å². The van der Waals surface area contributed by atoms with Crippen LogP contribution in [0.5, 0.6) is 5.75 Å². The molecule has 0 atom stereocenters. The fourth-order valence-electron chi connectivity index (χ4n) is 3.47. The van der Waals surface area contributed by atoms with Crippen LogP contribution in [0.25, 0.3) is 22.3 Å². The molecular formula is C27H23O. The van der Waals surface area contributed by atoms with Gasteiger partial charge in [-0.05, 0) is 40.8 Å². The van der Waals surface area contributed by atoms with Crippen molar-refractivity contribution < 1.29 is 4.74 Å². The van der Waals surface area contributed by atoms with Crippen molar-refractivity contribution in [3.63, 3.8) is 0 Å². The Balaban J connectivity index is 1.87. The van der Waals surface area contributed by atoms with Gasteiger partial charge in [0.1, 0.15) is 12.4 Å². The zero-order valence-electron chi connectivity index (χ0n) is 16.1. The molecule has 0 heterocycles. The Bertz CT molecular complexity index is 1020. The van der Waals surface area contributed by atoms with Gasteiger partial charge in [0, 0.05) is 11.1 Å². The van der Waals surface area contributed by atoms with E-state index in [1.165, 1.54) is 5.56 Å². The van der Waals surface area contributed by atoms with Crippen LogP contribution in [0.4, 0.5) is 0 Å². The molecule has 0 aliphatic carbocycles. The lowest BCUT2D eigenvalue weighted by molar-refractivity contribution is 0.308. The molecule has 0 saturated carbocycles. The zero-order valence-corrected chi connectivity index (χ0v) is 16.1. The lowest BCUT2D eigenvalue weighted by Crippen LogP contribution is -2.01. The molecule has 0 aliphatic rings. The van der Waals surface area contributed by atoms with Gasteiger partial charge in [0.2, 0.25) is 0 Å². The molecule has 4 aromatic carbocycles. The molecule has 0 spiro atoms. The predicted octanol–water partition coefficient (Wildman–Crippen LogP) is 6.96. The van der Waals surface area contributed by atoms with Gasteiger partial charge in [-0.2, -0.15) is 0 Å². The van der Waals surface area contributed by atoms with E-state index in [9.17, 15) is 0 Å². The highest BCUT2D eigenvalue weighted by Gasteiger charge is 2.17. The minimum atomic E-state index is 0.535. The van der Waals surface area contributed by atoms with Crippen LogP contribution in [0, 0.1) is 6.07 Å². The molecule has 0 aromatic heterocycles. The maximum atomic E-state index is 6.49. The van der Waals surface area contributed by atoms with Crippen LogP contribution in [0.15, 0.2) is 97.1 Å². The molecule has 0 fully saturated rings. The van der Waals surface area contributed by atoms with Gasteiger partial charge in [0.15, 0.2) is 0 Å². The summed E-state index contributed by atoms with van der Waals surface area (Å²) in [5.41, 5.74) is 6.85. The van der Waals surface area contributed by atoms with Crippen molar-refractivity contribution in [2.45, 2.75) is 20.0 Å². The summed E-state index contributed by atoms with van der Waals surface area (Å²) >= 11 is 0. The molecule has 0 bridgehead atoms. The van der Waals surface area contributed by atoms with Gasteiger partial charge in [-0.25, -0.2) is 0 Å². The summed E-state index contributed by atoms with van der Waals surface area (Å²) in [6.07, 6.45) is 0.904. The lowest BCUT2D eigenvalue weighted by atomic mass is 9.92. The Labute approximate surface area is 167 Å². The van der Waals surface area contributed by atoms with E-state index in [4.69, 9.17) is 4.74 Å². The van der Waals surface area contributed by atoms with Crippen LogP contribution in [0.1, 0.15) is 18.1 Å². The first-order chi connectivity index (χ1) is 13.9. The SMILES string of the molecule is CCc1[c]cc(-c2ccccc2)c(OCc2ccccc2)c1-c1ccccc1. The molecule has 0 N–H and O–H groups in total. The summed E-state index contributed by atoms with van der Waals surface area (Å²) in [6.45, 7) is 2.70. The molecular weight excluding hydrogens is 340 g/mol. The topological polar surface area (TPSA) is 9.23 Å². The van der Waals surface area contributed by atoms with E-state index in [0.717, 1.165) is 40.0 Å². The van der Waals surface area contributed by atoms with Gasteiger partial charge in [-0.3, -0.25) is 0 Å². The Morgan fingerprint density at radius 3 is 1.89 bits per heavy atom. The maximum Gasteiger partial charge on any atom is 0.135 e. The second-order valence-corrected chi connectivity index (χ2v) is 6.74. The number of benzene rings is 4. The highest BCUT2D eigenvalue weighted by Crippen LogP contribution is 2.41. The van der Waals surface area contributed by atoms with Crippen LogP contribution < -0.4 is 4.74 Å². The Hall–Kier alpha value is -3.32. The number of ether oxygens (including phenoxy) is 1. The minimum Gasteiger partial charge on any atom is -0.488 e. The van der Waals surface area contributed by atoms with Gasteiger partial charge in [-0.15, -0.1) is 0 Å². The smallest absolute Gasteiger partial charge is 0.135 e. The highest BCUT2D eigenvalue weighted by atomic mass is 16.5. The zero-order chi connectivity index (χ0) is 19.2. The first kappa shape index (κ1) is 18.1. The molecule has 0 aliphatic heterocycles. The third kappa shape index (κ3) is 3.84. The van der Waals surface area contributed by atoms with E-state index >= 15 is 0 Å². The van der Waals surface area contributed by atoms with E-state index in [1.54, 1.807) is 0 Å². The van der Waals surface area contributed by atoms with Gasteiger partial charge in [-0.1, -0.05) is 97.9 Å². The third-order valence-corrected chi connectivity index (χ3v) is 4.89. The van der Waals surface area contributed by atoms with Crippen molar-refractivity contribution in [1.29, 1.82) is 0 Å². The first-order valence-corrected chi connectivity index (χ1v) is 9.72. The molecule has 1 heteroatoms. The van der Waals surface area contributed by atoms with E-state index in [2.05, 4.69) is 79.7 Å². The molecule has 137 valence electrons. The van der Waals surface area contributed by atoms with Crippen LogP contribution in [-0.2, 0) is 13.0 Å². The average Bonchev–Trinajstić information content (AvgIpc) is 2.79. The highest BCUT2D eigenvalue weighted by molar-refractivity contribution is 5.84. The van der Waals surface area contributed by atoms with Gasteiger partial charge < -0.3 is 4.74 Å². The van der Waals surface area contributed by atoms with Gasteiger partial charge >= 0.3 is 0 Å². The Morgan fingerprint density at radius 2 is 1.29 bits per heavy atom. The maximum absolute atomic E-state index is 6.49. The largest absolute Gasteiger partial charge is 0.488 e. The number of hydrogen-bond donors (Lipinski definition) is 0. The molecule has 0 amide bonds. The van der Waals surface area contributed by atoms with Crippen molar-refractivity contribution in [3.05, 3.63) is 114 Å². The minimum absolute atomic E-state index is 0.535. The molecule has 1 radical (unpaired) electrons. The Kier molecular flexibility index (Phi) is 5.53. The molecule has 28 heavy (non-hydrogen) atoms. The van der Waals surface area contributed by atoms with Crippen molar-refractivity contribution >= 4 is 0 Å². The quantitative estimate of drug-likeness (QED) is 0.360. The standard InChI is InChI=1S/C27H23O/c1-2-22-18-19-25(23-14-8-4-9-15-23)27(26(22)24-16-10-5-11-17-24)28-20-21-12-6-3-7-13-21/h3-17,19H,2,20H2,1H3. The summed E-state index contributed by atoms with van der Waals surface area (Å²) in [7, 11) is 0. The van der Waals surface area contributed by atoms with Crippen LogP contribution in [-0.4, -0.2) is 0 Å². The summed E-state index contributed by atoms with van der Waals surface area (Å²) in [5.74, 6) is 0.928. The monoisotopic (exact) mass is 363 g/mol. The van der Waals surface area contributed by atoms with Gasteiger partial charge in [0.05, 0.1) is 0 Å². The lowest BCUT2D eigenvalue weighted by Gasteiger charge is -2.19. The second kappa shape index (κ2) is 8.58.